The van der Waals surface area contributed by atoms with Crippen molar-refractivity contribution in [2.75, 3.05) is 5.32 Å². The summed E-state index contributed by atoms with van der Waals surface area (Å²) in [6.45, 7) is 5.39. The van der Waals surface area contributed by atoms with Gasteiger partial charge in [0.2, 0.25) is 5.91 Å². The van der Waals surface area contributed by atoms with Gasteiger partial charge in [-0.1, -0.05) is 0 Å². The number of aromatic nitrogens is 1. The Balaban J connectivity index is 3.47. The van der Waals surface area contributed by atoms with E-state index in [1.165, 1.54) is 6.07 Å². The number of hydrogen-bond acceptors (Lipinski definition) is 3. The van der Waals surface area contributed by atoms with Gasteiger partial charge in [-0.2, -0.15) is 13.2 Å². The first-order valence-electron chi connectivity index (χ1n) is 6.01. The maximum atomic E-state index is 13.0. The van der Waals surface area contributed by atoms with Crippen LogP contribution >= 0.6 is 0 Å². The molecule has 0 aliphatic rings. The number of amides is 1. The molecule has 0 unspecified atom stereocenters. The zero-order valence-electron chi connectivity index (χ0n) is 11.8. The fourth-order valence-electron chi connectivity index (χ4n) is 1.62. The second kappa shape index (κ2) is 6.97. The molecule has 1 rings (SSSR count). The largest absolute Gasteiger partial charge is 0.435 e. The molecule has 1 aromatic rings. The van der Waals surface area contributed by atoms with E-state index in [0.29, 0.717) is 0 Å². The number of allylic oxidation sites excluding steroid dienone is 3. The molecule has 0 aromatic carbocycles. The average molecular weight is 315 g/mol. The molecule has 22 heavy (non-hydrogen) atoms. The average Bonchev–Trinajstić information content (AvgIpc) is 2.36. The molecule has 0 saturated heterocycles. The molecule has 8 heteroatoms. The standard InChI is InChI=1S/C14H13F4N3O/c1-8(15)6-10(7-19-3)11-4-5-12(20-9(2)22)13(21-11)14(16,17)18/h4-7H,3H2,1-2H3,(H,20,22)/b8-6+,10-7+. The molecule has 1 aromatic heterocycles. The lowest BCUT2D eigenvalue weighted by atomic mass is 10.1. The van der Waals surface area contributed by atoms with Crippen molar-refractivity contribution in [1.82, 2.24) is 4.98 Å². The summed E-state index contributed by atoms with van der Waals surface area (Å²) in [7, 11) is 0. The van der Waals surface area contributed by atoms with Crippen LogP contribution in [0.15, 0.2) is 35.2 Å². The van der Waals surface area contributed by atoms with Gasteiger partial charge >= 0.3 is 6.18 Å². The third kappa shape index (κ3) is 4.80. The quantitative estimate of drug-likeness (QED) is 0.519. The Morgan fingerprint density at radius 1 is 1.36 bits per heavy atom. The Kier molecular flexibility index (Phi) is 5.56. The van der Waals surface area contributed by atoms with E-state index in [1.807, 2.05) is 0 Å². The van der Waals surface area contributed by atoms with Gasteiger partial charge in [0.25, 0.3) is 0 Å². The lowest BCUT2D eigenvalue weighted by molar-refractivity contribution is -0.140. The van der Waals surface area contributed by atoms with Gasteiger partial charge in [-0.3, -0.25) is 9.79 Å². The summed E-state index contributed by atoms with van der Waals surface area (Å²) in [6, 6.07) is 2.27. The molecule has 0 atom stereocenters. The number of carbonyl (C=O) groups is 1. The SMILES string of the molecule is C=N/C=C(\C=C(/C)F)c1ccc(NC(C)=O)c(C(F)(F)F)n1. The van der Waals surface area contributed by atoms with Gasteiger partial charge in [-0.25, -0.2) is 9.37 Å². The summed E-state index contributed by atoms with van der Waals surface area (Å²) < 4.78 is 52.1. The minimum absolute atomic E-state index is 0.0230. The van der Waals surface area contributed by atoms with Crippen LogP contribution in [0.3, 0.4) is 0 Å². The molecule has 0 saturated carbocycles. The Bertz CT molecular complexity index is 644. The maximum Gasteiger partial charge on any atom is 0.435 e. The first-order valence-corrected chi connectivity index (χ1v) is 6.01. The molecular weight excluding hydrogens is 302 g/mol. The van der Waals surface area contributed by atoms with Gasteiger partial charge in [0.15, 0.2) is 5.69 Å². The fourth-order valence-corrected chi connectivity index (χ4v) is 1.62. The molecular formula is C14H13F4N3O. The van der Waals surface area contributed by atoms with Crippen molar-refractivity contribution in [2.45, 2.75) is 20.0 Å². The van der Waals surface area contributed by atoms with Gasteiger partial charge in [-0.15, -0.1) is 0 Å². The third-order valence-electron chi connectivity index (χ3n) is 2.35. The fraction of sp³-hybridized carbons (Fsp3) is 0.214. The van der Waals surface area contributed by atoms with Crippen LogP contribution in [-0.4, -0.2) is 17.6 Å². The topological polar surface area (TPSA) is 54.4 Å². The van der Waals surface area contributed by atoms with E-state index in [0.717, 1.165) is 32.2 Å². The van der Waals surface area contributed by atoms with E-state index in [-0.39, 0.29) is 11.3 Å². The van der Waals surface area contributed by atoms with E-state index >= 15 is 0 Å². The van der Waals surface area contributed by atoms with Gasteiger partial charge in [0.1, 0.15) is 0 Å². The van der Waals surface area contributed by atoms with Crippen molar-refractivity contribution in [2.24, 2.45) is 4.99 Å². The first-order chi connectivity index (χ1) is 10.1. The molecule has 4 nitrogen and oxygen atoms in total. The molecule has 0 fully saturated rings. The van der Waals surface area contributed by atoms with Crippen LogP contribution < -0.4 is 5.32 Å². The molecule has 0 spiro atoms. The van der Waals surface area contributed by atoms with Crippen molar-refractivity contribution in [3.8, 4) is 0 Å². The van der Waals surface area contributed by atoms with Crippen LogP contribution in [0.4, 0.5) is 23.2 Å². The Hall–Kier alpha value is -2.51. The highest BCUT2D eigenvalue weighted by atomic mass is 19.4. The highest BCUT2D eigenvalue weighted by Gasteiger charge is 2.36. The smallest absolute Gasteiger partial charge is 0.324 e. The maximum absolute atomic E-state index is 13.0. The zero-order chi connectivity index (χ0) is 16.9. The van der Waals surface area contributed by atoms with Gasteiger partial charge in [0.05, 0.1) is 17.2 Å². The highest BCUT2D eigenvalue weighted by molar-refractivity contribution is 5.89. The number of rotatable bonds is 4. The summed E-state index contributed by atoms with van der Waals surface area (Å²) in [5.74, 6) is -1.29. The molecule has 0 bridgehead atoms. The molecule has 1 N–H and O–H groups in total. The van der Waals surface area contributed by atoms with Crippen LogP contribution in [0.5, 0.6) is 0 Å². The summed E-state index contributed by atoms with van der Waals surface area (Å²) in [6.07, 6.45) is -2.71. The number of anilines is 1. The van der Waals surface area contributed by atoms with Crippen LogP contribution in [0.2, 0.25) is 0 Å². The lowest BCUT2D eigenvalue weighted by Crippen LogP contribution is -2.16. The highest BCUT2D eigenvalue weighted by Crippen LogP contribution is 2.34. The van der Waals surface area contributed by atoms with Crippen molar-refractivity contribution in [3.05, 3.63) is 41.6 Å². The van der Waals surface area contributed by atoms with E-state index in [9.17, 15) is 22.4 Å². The van der Waals surface area contributed by atoms with E-state index in [4.69, 9.17) is 0 Å². The molecule has 0 radical (unpaired) electrons. The van der Waals surface area contributed by atoms with Crippen LogP contribution in [0.1, 0.15) is 25.2 Å². The summed E-state index contributed by atoms with van der Waals surface area (Å²) >= 11 is 0. The van der Waals surface area contributed by atoms with Crippen LogP contribution in [0.25, 0.3) is 5.57 Å². The van der Waals surface area contributed by atoms with Crippen molar-refractivity contribution < 1.29 is 22.4 Å². The molecule has 1 heterocycles. The van der Waals surface area contributed by atoms with Crippen molar-refractivity contribution >= 4 is 23.9 Å². The number of alkyl halides is 3. The number of pyridine rings is 1. The monoisotopic (exact) mass is 315 g/mol. The van der Waals surface area contributed by atoms with Crippen molar-refractivity contribution in [3.63, 3.8) is 0 Å². The minimum atomic E-state index is -4.78. The van der Waals surface area contributed by atoms with Crippen molar-refractivity contribution in [1.29, 1.82) is 0 Å². The molecule has 1 amide bonds. The molecule has 0 aliphatic carbocycles. The molecule has 118 valence electrons. The Labute approximate surface area is 124 Å². The number of nitrogens with zero attached hydrogens (tertiary/aromatic N) is 2. The lowest BCUT2D eigenvalue weighted by Gasteiger charge is -2.13. The van der Waals surface area contributed by atoms with Crippen LogP contribution in [0, 0.1) is 0 Å². The number of nitrogens with one attached hydrogen (secondary N) is 1. The number of halogens is 4. The number of carbonyl (C=O) groups excluding carboxylic acids is 1. The second-order valence-electron chi connectivity index (χ2n) is 4.27. The van der Waals surface area contributed by atoms with Gasteiger partial charge in [0, 0.05) is 18.7 Å². The zero-order valence-corrected chi connectivity index (χ0v) is 11.8. The summed E-state index contributed by atoms with van der Waals surface area (Å²) in [4.78, 5) is 17.8. The van der Waals surface area contributed by atoms with E-state index in [1.54, 1.807) is 0 Å². The normalized spacial score (nSPS) is 13.0. The van der Waals surface area contributed by atoms with E-state index in [2.05, 4.69) is 22.0 Å². The minimum Gasteiger partial charge on any atom is -0.324 e. The first kappa shape index (κ1) is 17.5. The summed E-state index contributed by atoms with van der Waals surface area (Å²) in [5, 5.41) is 2.05. The second-order valence-corrected chi connectivity index (χ2v) is 4.27. The van der Waals surface area contributed by atoms with Gasteiger partial charge in [-0.05, 0) is 31.9 Å². The van der Waals surface area contributed by atoms with Crippen LogP contribution in [-0.2, 0) is 11.0 Å². The molecule has 0 aliphatic heterocycles. The predicted octanol–water partition coefficient (Wildman–Crippen LogP) is 3.97. The Morgan fingerprint density at radius 3 is 2.45 bits per heavy atom. The number of aliphatic imine (C=N–C) groups is 1. The summed E-state index contributed by atoms with van der Waals surface area (Å²) in [5.41, 5.74) is -1.88. The van der Waals surface area contributed by atoms with E-state index < -0.39 is 29.3 Å². The third-order valence-corrected chi connectivity index (χ3v) is 2.35. The number of hydrogen-bond donors (Lipinski definition) is 1. The Morgan fingerprint density at radius 2 is 2.00 bits per heavy atom. The predicted molar refractivity (Wildman–Crippen MR) is 75.9 cm³/mol. The van der Waals surface area contributed by atoms with Gasteiger partial charge < -0.3 is 5.32 Å².